The number of aryl methyl sites for hydroxylation is 1. The Labute approximate surface area is 183 Å². The Kier molecular flexibility index (Phi) is 6.59. The first-order valence-corrected chi connectivity index (χ1v) is 9.62. The minimum absolute atomic E-state index is 0.0157. The zero-order valence-electron chi connectivity index (χ0n) is 16.5. The summed E-state index contributed by atoms with van der Waals surface area (Å²) in [5, 5.41) is 7.99. The number of hydrogen-bond acceptors (Lipinski definition) is 5. The number of likely N-dealkylation sites (N-methyl/N-ethyl adjacent to an activating group) is 1. The molecule has 2 aromatic carbocycles. The van der Waals surface area contributed by atoms with Gasteiger partial charge in [-0.2, -0.15) is 0 Å². The Morgan fingerprint density at radius 3 is 2.47 bits per heavy atom. The number of anilines is 1. The van der Waals surface area contributed by atoms with Crippen LogP contribution in [0.15, 0.2) is 42.5 Å². The second-order valence-electron chi connectivity index (χ2n) is 6.42. The number of nitrogens with one attached hydrogen (secondary N) is 1. The van der Waals surface area contributed by atoms with Crippen molar-refractivity contribution in [2.75, 3.05) is 26.0 Å². The van der Waals surface area contributed by atoms with E-state index < -0.39 is 11.8 Å². The van der Waals surface area contributed by atoms with Gasteiger partial charge in [0.2, 0.25) is 11.7 Å². The van der Waals surface area contributed by atoms with E-state index in [1.807, 2.05) is 0 Å². The zero-order valence-corrected chi connectivity index (χ0v) is 18.0. The smallest absolute Gasteiger partial charge is 0.293 e. The molecule has 1 heterocycles. The quantitative estimate of drug-likeness (QED) is 0.623. The standard InChI is InChI=1S/C20H19Cl2N5O3/c1-12-23-19(25-27(12)15-7-4-13(21)5-8-15)20(29)26(2)11-18(28)24-16-10-14(22)6-9-17(16)30-3/h4-10H,11H2,1-3H3,(H,24,28). The average molecular weight is 448 g/mol. The topological polar surface area (TPSA) is 89.4 Å². The lowest BCUT2D eigenvalue weighted by Gasteiger charge is -2.16. The molecule has 2 amide bonds. The summed E-state index contributed by atoms with van der Waals surface area (Å²) >= 11 is 11.9. The number of ether oxygens (including phenoxy) is 1. The normalized spacial score (nSPS) is 10.6. The molecule has 1 aromatic heterocycles. The van der Waals surface area contributed by atoms with E-state index >= 15 is 0 Å². The van der Waals surface area contributed by atoms with E-state index in [2.05, 4.69) is 15.4 Å². The third-order valence-corrected chi connectivity index (χ3v) is 4.68. The van der Waals surface area contributed by atoms with Gasteiger partial charge in [-0.05, 0) is 49.4 Å². The molecular weight excluding hydrogens is 429 g/mol. The first-order chi connectivity index (χ1) is 14.3. The maximum absolute atomic E-state index is 12.7. The largest absolute Gasteiger partial charge is 0.495 e. The van der Waals surface area contributed by atoms with Gasteiger partial charge in [0.15, 0.2) is 0 Å². The monoisotopic (exact) mass is 447 g/mol. The molecular formula is C20H19Cl2N5O3. The summed E-state index contributed by atoms with van der Waals surface area (Å²) in [6.07, 6.45) is 0. The average Bonchev–Trinajstić information content (AvgIpc) is 3.09. The molecule has 10 heteroatoms. The highest BCUT2D eigenvalue weighted by Crippen LogP contribution is 2.27. The SMILES string of the molecule is COc1ccc(Cl)cc1NC(=O)CN(C)C(=O)c1nc(C)n(-c2ccc(Cl)cc2)n1. The van der Waals surface area contributed by atoms with E-state index in [1.54, 1.807) is 49.4 Å². The Bertz CT molecular complexity index is 1080. The van der Waals surface area contributed by atoms with Gasteiger partial charge >= 0.3 is 0 Å². The first kappa shape index (κ1) is 21.6. The lowest BCUT2D eigenvalue weighted by atomic mass is 10.3. The molecule has 0 aliphatic heterocycles. The van der Waals surface area contributed by atoms with Gasteiger partial charge in [-0.1, -0.05) is 23.2 Å². The first-order valence-electron chi connectivity index (χ1n) is 8.87. The van der Waals surface area contributed by atoms with E-state index in [-0.39, 0.29) is 12.4 Å². The number of hydrogen-bond donors (Lipinski definition) is 1. The van der Waals surface area contributed by atoms with Gasteiger partial charge in [0, 0.05) is 17.1 Å². The van der Waals surface area contributed by atoms with Crippen LogP contribution in [-0.2, 0) is 4.79 Å². The van der Waals surface area contributed by atoms with Gasteiger partial charge in [0.05, 0.1) is 25.0 Å². The van der Waals surface area contributed by atoms with Crippen LogP contribution in [0, 0.1) is 6.92 Å². The molecule has 0 atom stereocenters. The Morgan fingerprint density at radius 2 is 1.80 bits per heavy atom. The number of rotatable bonds is 6. The van der Waals surface area contributed by atoms with Crippen LogP contribution in [0.1, 0.15) is 16.4 Å². The van der Waals surface area contributed by atoms with Crippen molar-refractivity contribution in [3.05, 3.63) is 64.2 Å². The molecule has 0 radical (unpaired) electrons. The van der Waals surface area contributed by atoms with Crippen molar-refractivity contribution in [2.24, 2.45) is 0 Å². The predicted octanol–water partition coefficient (Wildman–Crippen LogP) is 3.60. The molecule has 1 N–H and O–H groups in total. The minimum Gasteiger partial charge on any atom is -0.495 e. The van der Waals surface area contributed by atoms with Crippen LogP contribution in [0.25, 0.3) is 5.69 Å². The maximum atomic E-state index is 12.7. The number of nitrogens with zero attached hydrogens (tertiary/aromatic N) is 4. The molecule has 0 bridgehead atoms. The molecule has 0 saturated carbocycles. The maximum Gasteiger partial charge on any atom is 0.293 e. The van der Waals surface area contributed by atoms with Crippen molar-refractivity contribution in [3.8, 4) is 11.4 Å². The molecule has 30 heavy (non-hydrogen) atoms. The van der Waals surface area contributed by atoms with Crippen LogP contribution in [0.4, 0.5) is 5.69 Å². The van der Waals surface area contributed by atoms with Crippen molar-refractivity contribution in [1.82, 2.24) is 19.7 Å². The summed E-state index contributed by atoms with van der Waals surface area (Å²) in [5.41, 5.74) is 1.13. The van der Waals surface area contributed by atoms with Crippen LogP contribution in [0.3, 0.4) is 0 Å². The summed E-state index contributed by atoms with van der Waals surface area (Å²) in [6.45, 7) is 1.53. The van der Waals surface area contributed by atoms with Crippen molar-refractivity contribution in [1.29, 1.82) is 0 Å². The molecule has 0 fully saturated rings. The van der Waals surface area contributed by atoms with Gasteiger partial charge in [-0.15, -0.1) is 5.10 Å². The third kappa shape index (κ3) is 4.90. The zero-order chi connectivity index (χ0) is 21.8. The fourth-order valence-corrected chi connectivity index (χ4v) is 3.03. The third-order valence-electron chi connectivity index (χ3n) is 4.19. The molecule has 0 saturated heterocycles. The van der Waals surface area contributed by atoms with E-state index in [0.717, 1.165) is 5.69 Å². The summed E-state index contributed by atoms with van der Waals surface area (Å²) in [4.78, 5) is 30.6. The van der Waals surface area contributed by atoms with E-state index in [4.69, 9.17) is 27.9 Å². The lowest BCUT2D eigenvalue weighted by Crippen LogP contribution is -2.35. The number of carbonyl (C=O) groups is 2. The summed E-state index contributed by atoms with van der Waals surface area (Å²) < 4.78 is 6.74. The number of benzene rings is 2. The number of carbonyl (C=O) groups excluding carboxylic acids is 2. The summed E-state index contributed by atoms with van der Waals surface area (Å²) in [7, 11) is 2.98. The van der Waals surface area contributed by atoms with Crippen molar-refractivity contribution < 1.29 is 14.3 Å². The Balaban J connectivity index is 1.70. The van der Waals surface area contributed by atoms with Crippen LogP contribution >= 0.6 is 23.2 Å². The van der Waals surface area contributed by atoms with Crippen molar-refractivity contribution in [3.63, 3.8) is 0 Å². The van der Waals surface area contributed by atoms with E-state index in [1.165, 1.54) is 23.7 Å². The van der Waals surface area contributed by atoms with Gasteiger partial charge in [-0.25, -0.2) is 9.67 Å². The van der Waals surface area contributed by atoms with E-state index in [9.17, 15) is 9.59 Å². The van der Waals surface area contributed by atoms with Crippen LogP contribution in [0.5, 0.6) is 5.75 Å². The van der Waals surface area contributed by atoms with Crippen LogP contribution in [0.2, 0.25) is 10.0 Å². The molecule has 3 aromatic rings. The fourth-order valence-electron chi connectivity index (χ4n) is 2.73. The van der Waals surface area contributed by atoms with Gasteiger partial charge in [0.1, 0.15) is 11.6 Å². The van der Waals surface area contributed by atoms with E-state index in [0.29, 0.717) is 27.3 Å². The number of methoxy groups -OCH3 is 1. The minimum atomic E-state index is -0.487. The van der Waals surface area contributed by atoms with Gasteiger partial charge < -0.3 is 15.0 Å². The second kappa shape index (κ2) is 9.15. The molecule has 156 valence electrons. The highest BCUT2D eigenvalue weighted by Gasteiger charge is 2.21. The van der Waals surface area contributed by atoms with Gasteiger partial charge in [-0.3, -0.25) is 9.59 Å². The highest BCUT2D eigenvalue weighted by atomic mass is 35.5. The molecule has 0 unspecified atom stereocenters. The van der Waals surface area contributed by atoms with Crippen LogP contribution < -0.4 is 10.1 Å². The second-order valence-corrected chi connectivity index (χ2v) is 7.30. The highest BCUT2D eigenvalue weighted by molar-refractivity contribution is 6.31. The van der Waals surface area contributed by atoms with Crippen LogP contribution in [-0.4, -0.2) is 52.2 Å². The Morgan fingerprint density at radius 1 is 1.13 bits per heavy atom. The van der Waals surface area contributed by atoms with Crippen molar-refractivity contribution >= 4 is 40.7 Å². The van der Waals surface area contributed by atoms with Crippen molar-refractivity contribution in [2.45, 2.75) is 6.92 Å². The number of aromatic nitrogens is 3. The van der Waals surface area contributed by atoms with Gasteiger partial charge in [0.25, 0.3) is 5.91 Å². The fraction of sp³-hybridized carbons (Fsp3) is 0.200. The molecule has 0 aliphatic carbocycles. The summed E-state index contributed by atoms with van der Waals surface area (Å²) in [5.74, 6) is 0.0697. The Hall–Kier alpha value is -3.10. The number of halogens is 2. The summed E-state index contributed by atoms with van der Waals surface area (Å²) in [6, 6.07) is 11.8. The molecule has 3 rings (SSSR count). The molecule has 0 spiro atoms. The molecule has 0 aliphatic rings. The molecule has 8 nitrogen and oxygen atoms in total. The predicted molar refractivity (Wildman–Crippen MR) is 115 cm³/mol. The number of amides is 2. The lowest BCUT2D eigenvalue weighted by molar-refractivity contribution is -0.116.